The number of hydrogen-bond donors (Lipinski definition) is 1. The van der Waals surface area contributed by atoms with Crippen molar-refractivity contribution in [2.45, 2.75) is 13.3 Å². The maximum absolute atomic E-state index is 12.9. The van der Waals surface area contributed by atoms with Crippen LogP contribution in [0.1, 0.15) is 21.8 Å². The summed E-state index contributed by atoms with van der Waals surface area (Å²) in [5.74, 6) is 0.712. The van der Waals surface area contributed by atoms with Crippen LogP contribution in [0.2, 0.25) is 0 Å². The first-order valence-electron chi connectivity index (χ1n) is 8.66. The summed E-state index contributed by atoms with van der Waals surface area (Å²) in [5, 5.41) is 8.93. The number of likely N-dealkylation sites (tertiary alicyclic amines) is 1. The van der Waals surface area contributed by atoms with Crippen molar-refractivity contribution < 1.29 is 4.79 Å². The second-order valence-corrected chi connectivity index (χ2v) is 7.66. The predicted octanol–water partition coefficient (Wildman–Crippen LogP) is 3.50. The fourth-order valence-electron chi connectivity index (χ4n) is 3.53. The SMILES string of the molecule is CNCC1CCN(C(=O)c2cc3c(C)nn(-c4ccccc4)c3s2)C1.Cl. The van der Waals surface area contributed by atoms with Gasteiger partial charge in [0.1, 0.15) is 4.83 Å². The van der Waals surface area contributed by atoms with E-state index in [1.54, 1.807) is 11.3 Å². The average molecular weight is 391 g/mol. The van der Waals surface area contributed by atoms with E-state index in [-0.39, 0.29) is 18.3 Å². The highest BCUT2D eigenvalue weighted by atomic mass is 35.5. The van der Waals surface area contributed by atoms with Gasteiger partial charge in [0.05, 0.1) is 16.3 Å². The highest BCUT2D eigenvalue weighted by Gasteiger charge is 2.28. The third-order valence-corrected chi connectivity index (χ3v) is 5.92. The van der Waals surface area contributed by atoms with Crippen LogP contribution in [-0.2, 0) is 0 Å². The van der Waals surface area contributed by atoms with Crippen LogP contribution in [0.4, 0.5) is 0 Å². The standard InChI is InChI=1S/C19H22N4OS.ClH/c1-13-16-10-17(18(24)22-9-8-14(12-22)11-20-2)25-19(16)23(21-13)15-6-4-3-5-7-15;/h3-7,10,14,20H,8-9,11-12H2,1-2H3;1H. The number of halogens is 1. The van der Waals surface area contributed by atoms with E-state index in [1.807, 2.05) is 60.0 Å². The first kappa shape index (κ1) is 18.9. The zero-order chi connectivity index (χ0) is 17.4. The van der Waals surface area contributed by atoms with Crippen LogP contribution in [0.3, 0.4) is 0 Å². The summed E-state index contributed by atoms with van der Waals surface area (Å²) in [4.78, 5) is 16.7. The number of rotatable bonds is 4. The number of nitrogens with zero attached hydrogens (tertiary/aromatic N) is 3. The monoisotopic (exact) mass is 390 g/mol. The summed E-state index contributed by atoms with van der Waals surface area (Å²) in [6.45, 7) is 4.67. The minimum atomic E-state index is 0. The summed E-state index contributed by atoms with van der Waals surface area (Å²) in [6.07, 6.45) is 1.08. The van der Waals surface area contributed by atoms with E-state index in [0.29, 0.717) is 5.92 Å². The molecule has 1 aromatic carbocycles. The van der Waals surface area contributed by atoms with Crippen LogP contribution in [0.25, 0.3) is 15.9 Å². The van der Waals surface area contributed by atoms with Gasteiger partial charge in [0.2, 0.25) is 0 Å². The number of thiophene rings is 1. The second-order valence-electron chi connectivity index (χ2n) is 6.63. The van der Waals surface area contributed by atoms with Crippen LogP contribution in [0.15, 0.2) is 36.4 Å². The molecule has 1 fully saturated rings. The first-order valence-corrected chi connectivity index (χ1v) is 9.47. The molecule has 1 atom stereocenters. The van der Waals surface area contributed by atoms with E-state index >= 15 is 0 Å². The molecule has 1 saturated heterocycles. The van der Waals surface area contributed by atoms with Gasteiger partial charge >= 0.3 is 0 Å². The van der Waals surface area contributed by atoms with Crippen molar-refractivity contribution in [3.05, 3.63) is 47.0 Å². The maximum atomic E-state index is 12.9. The lowest BCUT2D eigenvalue weighted by Gasteiger charge is -2.15. The molecule has 1 aliphatic rings. The first-order chi connectivity index (χ1) is 12.2. The van der Waals surface area contributed by atoms with Crippen LogP contribution in [-0.4, -0.2) is 47.3 Å². The lowest BCUT2D eigenvalue weighted by Crippen LogP contribution is -2.29. The van der Waals surface area contributed by atoms with Gasteiger partial charge in [-0.05, 0) is 51.1 Å². The van der Waals surface area contributed by atoms with Crippen molar-refractivity contribution in [1.29, 1.82) is 0 Å². The van der Waals surface area contributed by atoms with Crippen molar-refractivity contribution in [1.82, 2.24) is 20.0 Å². The van der Waals surface area contributed by atoms with E-state index in [1.165, 1.54) is 0 Å². The van der Waals surface area contributed by atoms with Gasteiger partial charge in [-0.15, -0.1) is 23.7 Å². The van der Waals surface area contributed by atoms with Crippen molar-refractivity contribution in [3.8, 4) is 5.69 Å². The predicted molar refractivity (Wildman–Crippen MR) is 109 cm³/mol. The number of hydrogen-bond acceptors (Lipinski definition) is 4. The molecule has 0 bridgehead atoms. The number of fused-ring (bicyclic) bond motifs is 1. The highest BCUT2D eigenvalue weighted by Crippen LogP contribution is 2.32. The summed E-state index contributed by atoms with van der Waals surface area (Å²) in [7, 11) is 1.97. The number of aryl methyl sites for hydroxylation is 1. The topological polar surface area (TPSA) is 50.2 Å². The van der Waals surface area contributed by atoms with Gasteiger partial charge in [-0.1, -0.05) is 18.2 Å². The zero-order valence-electron chi connectivity index (χ0n) is 14.9. The van der Waals surface area contributed by atoms with Crippen molar-refractivity contribution >= 4 is 39.9 Å². The molecule has 1 aliphatic heterocycles. The van der Waals surface area contributed by atoms with Crippen LogP contribution in [0, 0.1) is 12.8 Å². The molecule has 0 saturated carbocycles. The molecular formula is C19H23ClN4OS. The van der Waals surface area contributed by atoms with E-state index in [0.717, 1.165) is 52.5 Å². The molecule has 1 N–H and O–H groups in total. The Bertz CT molecular complexity index is 905. The smallest absolute Gasteiger partial charge is 0.264 e. The van der Waals surface area contributed by atoms with E-state index in [4.69, 9.17) is 0 Å². The number of amides is 1. The Morgan fingerprint density at radius 1 is 1.35 bits per heavy atom. The normalized spacial score (nSPS) is 16.8. The molecule has 4 rings (SSSR count). The van der Waals surface area contributed by atoms with Gasteiger partial charge in [-0.3, -0.25) is 4.79 Å². The fraction of sp³-hybridized carbons (Fsp3) is 0.368. The molecule has 0 aliphatic carbocycles. The Morgan fingerprint density at radius 3 is 2.85 bits per heavy atom. The number of nitrogens with one attached hydrogen (secondary N) is 1. The summed E-state index contributed by atoms with van der Waals surface area (Å²) < 4.78 is 1.94. The summed E-state index contributed by atoms with van der Waals surface area (Å²) >= 11 is 1.54. The lowest BCUT2D eigenvalue weighted by molar-refractivity contribution is 0.0792. The minimum Gasteiger partial charge on any atom is -0.338 e. The van der Waals surface area contributed by atoms with Crippen LogP contribution < -0.4 is 5.32 Å². The minimum absolute atomic E-state index is 0. The van der Waals surface area contributed by atoms with Gasteiger partial charge in [0, 0.05) is 18.5 Å². The molecule has 26 heavy (non-hydrogen) atoms. The quantitative estimate of drug-likeness (QED) is 0.741. The maximum Gasteiger partial charge on any atom is 0.264 e. The molecule has 0 spiro atoms. The van der Waals surface area contributed by atoms with Crippen LogP contribution in [0.5, 0.6) is 0 Å². The van der Waals surface area contributed by atoms with E-state index in [2.05, 4.69) is 10.4 Å². The molecule has 3 heterocycles. The Morgan fingerprint density at radius 2 is 2.12 bits per heavy atom. The Kier molecular flexibility index (Phi) is 5.65. The number of para-hydroxylation sites is 1. The van der Waals surface area contributed by atoms with E-state index in [9.17, 15) is 4.79 Å². The second kappa shape index (κ2) is 7.78. The molecule has 138 valence electrons. The molecule has 5 nitrogen and oxygen atoms in total. The third-order valence-electron chi connectivity index (χ3n) is 4.82. The number of carbonyl (C=O) groups excluding carboxylic acids is 1. The summed E-state index contributed by atoms with van der Waals surface area (Å²) in [6, 6.07) is 12.1. The van der Waals surface area contributed by atoms with Gasteiger partial charge in [0.15, 0.2) is 0 Å². The molecule has 3 aromatic rings. The molecule has 1 amide bonds. The zero-order valence-corrected chi connectivity index (χ0v) is 16.6. The fourth-order valence-corrected chi connectivity index (χ4v) is 4.68. The van der Waals surface area contributed by atoms with Crippen molar-refractivity contribution in [2.24, 2.45) is 5.92 Å². The number of carbonyl (C=O) groups is 1. The Hall–Kier alpha value is -1.89. The number of aromatic nitrogens is 2. The van der Waals surface area contributed by atoms with Gasteiger partial charge in [0.25, 0.3) is 5.91 Å². The summed E-state index contributed by atoms with van der Waals surface area (Å²) in [5.41, 5.74) is 1.99. The van der Waals surface area contributed by atoms with Gasteiger partial charge in [-0.2, -0.15) is 5.10 Å². The van der Waals surface area contributed by atoms with Crippen LogP contribution >= 0.6 is 23.7 Å². The Balaban J connectivity index is 0.00000196. The van der Waals surface area contributed by atoms with Crippen molar-refractivity contribution in [3.63, 3.8) is 0 Å². The largest absolute Gasteiger partial charge is 0.338 e. The molecule has 2 aromatic heterocycles. The van der Waals surface area contributed by atoms with Crippen molar-refractivity contribution in [2.75, 3.05) is 26.7 Å². The van der Waals surface area contributed by atoms with Gasteiger partial charge in [-0.25, -0.2) is 4.68 Å². The molecule has 1 unspecified atom stereocenters. The third kappa shape index (κ3) is 3.37. The average Bonchev–Trinajstić information content (AvgIpc) is 3.32. The molecule has 7 heteroatoms. The van der Waals surface area contributed by atoms with Gasteiger partial charge < -0.3 is 10.2 Å². The molecular weight excluding hydrogens is 368 g/mol. The van der Waals surface area contributed by atoms with E-state index < -0.39 is 0 Å². The Labute approximate surface area is 163 Å². The molecule has 0 radical (unpaired) electrons. The highest BCUT2D eigenvalue weighted by molar-refractivity contribution is 7.20. The lowest BCUT2D eigenvalue weighted by atomic mass is 10.1. The number of benzene rings is 1.